The predicted molar refractivity (Wildman–Crippen MR) is 87.4 cm³/mol. The number of amidine groups is 1. The summed E-state index contributed by atoms with van der Waals surface area (Å²) in [4.78, 5) is 44.4. The number of thioether (sulfide) groups is 1. The van der Waals surface area contributed by atoms with E-state index in [2.05, 4.69) is 15.3 Å². The van der Waals surface area contributed by atoms with E-state index in [0.29, 0.717) is 5.17 Å². The molecule has 3 rings (SSSR count). The average Bonchev–Trinajstić information content (AvgIpc) is 2.95. The molecule has 1 aliphatic heterocycles. The van der Waals surface area contributed by atoms with Crippen LogP contribution in [0.4, 0.5) is 0 Å². The van der Waals surface area contributed by atoms with E-state index in [9.17, 15) is 14.4 Å². The molecule has 0 saturated heterocycles. The first-order valence-electron chi connectivity index (χ1n) is 6.75. The second kappa shape index (κ2) is 5.88. The van der Waals surface area contributed by atoms with Crippen LogP contribution in [0, 0.1) is 0 Å². The van der Waals surface area contributed by atoms with Crippen LogP contribution in [0.25, 0.3) is 11.2 Å². The standard InChI is InChI=1S/C13H14N6O3S/c1-17-10-9(11(21)18(2)13(17)22)19(7-15-10)6-8(20)16-12-14-4-3-5-23-12/h3-4,7H,5-6H2,1-2H3,(H,14,16,20). The molecule has 1 aliphatic rings. The number of nitrogens with zero attached hydrogens (tertiary/aromatic N) is 5. The molecule has 1 amide bonds. The molecule has 2 aromatic heterocycles. The molecule has 23 heavy (non-hydrogen) atoms. The van der Waals surface area contributed by atoms with Crippen molar-refractivity contribution in [2.45, 2.75) is 6.54 Å². The second-order valence-corrected chi connectivity index (χ2v) is 5.94. The van der Waals surface area contributed by atoms with Gasteiger partial charge in [0.1, 0.15) is 6.54 Å². The zero-order chi connectivity index (χ0) is 16.6. The molecule has 0 spiro atoms. The number of aliphatic imine (C=N–C) groups is 1. The Morgan fingerprint density at radius 1 is 1.35 bits per heavy atom. The number of nitrogens with one attached hydrogen (secondary N) is 1. The third-order valence-electron chi connectivity index (χ3n) is 3.39. The normalized spacial score (nSPS) is 14.1. The van der Waals surface area contributed by atoms with Crippen LogP contribution < -0.4 is 16.6 Å². The maximum absolute atomic E-state index is 12.3. The van der Waals surface area contributed by atoms with Crippen molar-refractivity contribution in [2.24, 2.45) is 19.1 Å². The van der Waals surface area contributed by atoms with Crippen molar-refractivity contribution < 1.29 is 4.79 Å². The molecule has 0 bridgehead atoms. The lowest BCUT2D eigenvalue weighted by atomic mass is 10.4. The van der Waals surface area contributed by atoms with E-state index in [1.807, 2.05) is 6.08 Å². The third kappa shape index (κ3) is 2.72. The zero-order valence-corrected chi connectivity index (χ0v) is 13.3. The Hall–Kier alpha value is -2.62. The molecule has 0 atom stereocenters. The van der Waals surface area contributed by atoms with Gasteiger partial charge in [-0.05, 0) is 0 Å². The molecule has 10 heteroatoms. The first-order valence-corrected chi connectivity index (χ1v) is 7.74. The SMILES string of the molecule is Cn1c(=O)c2c(ncn2CC(=O)NC2=NC=CCS2)n(C)c1=O. The number of hydrogen-bond donors (Lipinski definition) is 1. The van der Waals surface area contributed by atoms with Crippen molar-refractivity contribution in [2.75, 3.05) is 5.75 Å². The Balaban J connectivity index is 1.94. The van der Waals surface area contributed by atoms with Gasteiger partial charge in [0.25, 0.3) is 5.56 Å². The second-order valence-electron chi connectivity index (χ2n) is 4.93. The van der Waals surface area contributed by atoms with Crippen LogP contribution in [0.1, 0.15) is 0 Å². The molecule has 0 radical (unpaired) electrons. The van der Waals surface area contributed by atoms with Gasteiger partial charge < -0.3 is 9.88 Å². The van der Waals surface area contributed by atoms with Crippen molar-refractivity contribution in [3.63, 3.8) is 0 Å². The molecule has 9 nitrogen and oxygen atoms in total. The smallest absolute Gasteiger partial charge is 0.315 e. The minimum Gasteiger partial charge on any atom is -0.315 e. The number of carbonyl (C=O) groups is 1. The molecule has 2 aromatic rings. The van der Waals surface area contributed by atoms with E-state index < -0.39 is 11.2 Å². The van der Waals surface area contributed by atoms with Gasteiger partial charge in [0.05, 0.1) is 6.33 Å². The summed E-state index contributed by atoms with van der Waals surface area (Å²) in [5.41, 5.74) is -0.487. The number of aromatic nitrogens is 4. The Bertz CT molecular complexity index is 964. The van der Waals surface area contributed by atoms with Crippen molar-refractivity contribution in [1.82, 2.24) is 24.0 Å². The fourth-order valence-corrected chi connectivity index (χ4v) is 2.89. The number of imidazole rings is 1. The summed E-state index contributed by atoms with van der Waals surface area (Å²) in [6, 6.07) is 0. The summed E-state index contributed by atoms with van der Waals surface area (Å²) in [6.45, 7) is -0.0900. The summed E-state index contributed by atoms with van der Waals surface area (Å²) in [5, 5.41) is 3.19. The predicted octanol–water partition coefficient (Wildman–Crippen LogP) is -0.834. The van der Waals surface area contributed by atoms with Gasteiger partial charge in [-0.1, -0.05) is 17.8 Å². The summed E-state index contributed by atoms with van der Waals surface area (Å²) in [7, 11) is 2.92. The van der Waals surface area contributed by atoms with Gasteiger partial charge in [-0.25, -0.2) is 14.8 Å². The van der Waals surface area contributed by atoms with E-state index in [0.717, 1.165) is 10.3 Å². The quantitative estimate of drug-likeness (QED) is 0.772. The van der Waals surface area contributed by atoms with Gasteiger partial charge in [-0.3, -0.25) is 18.7 Å². The molecule has 0 aromatic carbocycles. The molecule has 0 fully saturated rings. The maximum atomic E-state index is 12.3. The molecule has 0 aliphatic carbocycles. The molecular formula is C13H14N6O3S. The van der Waals surface area contributed by atoms with Crippen LogP contribution in [0.15, 0.2) is 33.2 Å². The van der Waals surface area contributed by atoms with E-state index in [-0.39, 0.29) is 23.6 Å². The lowest BCUT2D eigenvalue weighted by Gasteiger charge is -2.10. The number of amides is 1. The minimum atomic E-state index is -0.485. The van der Waals surface area contributed by atoms with Crippen LogP contribution in [-0.2, 0) is 25.4 Å². The molecular weight excluding hydrogens is 320 g/mol. The number of hydrogen-bond acceptors (Lipinski definition) is 6. The molecule has 3 heterocycles. The summed E-state index contributed by atoms with van der Waals surface area (Å²) in [6.07, 6.45) is 4.89. The molecule has 1 N–H and O–H groups in total. The van der Waals surface area contributed by atoms with Crippen LogP contribution in [-0.4, -0.2) is 35.5 Å². The number of fused-ring (bicyclic) bond motifs is 1. The number of carbonyl (C=O) groups excluding carboxylic acids is 1. The minimum absolute atomic E-state index is 0.0900. The Morgan fingerprint density at radius 2 is 2.13 bits per heavy atom. The van der Waals surface area contributed by atoms with Crippen molar-refractivity contribution in [3.8, 4) is 0 Å². The van der Waals surface area contributed by atoms with Crippen LogP contribution >= 0.6 is 11.8 Å². The lowest BCUT2D eigenvalue weighted by molar-refractivity contribution is -0.120. The topological polar surface area (TPSA) is 103 Å². The van der Waals surface area contributed by atoms with E-state index >= 15 is 0 Å². The van der Waals surface area contributed by atoms with Crippen LogP contribution in [0.5, 0.6) is 0 Å². The van der Waals surface area contributed by atoms with Gasteiger partial charge in [0, 0.05) is 26.0 Å². The van der Waals surface area contributed by atoms with Crippen molar-refractivity contribution in [1.29, 1.82) is 0 Å². The first-order chi connectivity index (χ1) is 11.0. The molecule has 0 saturated carbocycles. The average molecular weight is 334 g/mol. The highest BCUT2D eigenvalue weighted by atomic mass is 32.2. The number of rotatable bonds is 2. The summed E-state index contributed by atoms with van der Waals surface area (Å²) < 4.78 is 3.69. The maximum Gasteiger partial charge on any atom is 0.332 e. The lowest BCUT2D eigenvalue weighted by Crippen LogP contribution is -2.38. The highest BCUT2D eigenvalue weighted by Gasteiger charge is 2.16. The Morgan fingerprint density at radius 3 is 2.83 bits per heavy atom. The third-order valence-corrected chi connectivity index (χ3v) is 4.23. The highest BCUT2D eigenvalue weighted by Crippen LogP contribution is 2.08. The Labute approximate surface area is 134 Å². The largest absolute Gasteiger partial charge is 0.332 e. The van der Waals surface area contributed by atoms with Gasteiger partial charge in [0.2, 0.25) is 5.91 Å². The summed E-state index contributed by atoms with van der Waals surface area (Å²) >= 11 is 1.41. The van der Waals surface area contributed by atoms with Crippen LogP contribution in [0.2, 0.25) is 0 Å². The number of aryl methyl sites for hydroxylation is 1. The first kappa shape index (κ1) is 15.3. The van der Waals surface area contributed by atoms with Gasteiger partial charge in [-0.2, -0.15) is 0 Å². The fourth-order valence-electron chi connectivity index (χ4n) is 2.23. The van der Waals surface area contributed by atoms with E-state index in [4.69, 9.17) is 0 Å². The van der Waals surface area contributed by atoms with Crippen LogP contribution in [0.3, 0.4) is 0 Å². The molecule has 0 unspecified atom stereocenters. The van der Waals surface area contributed by atoms with Gasteiger partial charge in [0.15, 0.2) is 16.3 Å². The van der Waals surface area contributed by atoms with Crippen molar-refractivity contribution >= 4 is 34.0 Å². The van der Waals surface area contributed by atoms with Gasteiger partial charge >= 0.3 is 5.69 Å². The fraction of sp³-hybridized carbons (Fsp3) is 0.308. The van der Waals surface area contributed by atoms with Crippen molar-refractivity contribution in [3.05, 3.63) is 39.4 Å². The van der Waals surface area contributed by atoms with E-state index in [1.165, 1.54) is 41.3 Å². The molecule has 120 valence electrons. The Kier molecular flexibility index (Phi) is 3.90. The summed E-state index contributed by atoms with van der Waals surface area (Å²) in [5.74, 6) is 0.428. The highest BCUT2D eigenvalue weighted by molar-refractivity contribution is 8.14. The van der Waals surface area contributed by atoms with Gasteiger partial charge in [-0.15, -0.1) is 0 Å². The van der Waals surface area contributed by atoms with E-state index in [1.54, 1.807) is 6.20 Å². The monoisotopic (exact) mass is 334 g/mol. The zero-order valence-electron chi connectivity index (χ0n) is 12.5.